The SMILES string of the molecule is COCCNC(=O)c1nn(-c2ccccc2F)c(=O)n(Cc2cccc(Cl)c2)c1=O. The molecule has 0 aliphatic heterocycles. The van der Waals surface area contributed by atoms with Crippen molar-refractivity contribution >= 4 is 17.5 Å². The molecule has 0 saturated carbocycles. The van der Waals surface area contributed by atoms with Crippen molar-refractivity contribution in [3.63, 3.8) is 0 Å². The van der Waals surface area contributed by atoms with E-state index in [1.807, 2.05) is 0 Å². The maximum atomic E-state index is 14.3. The molecule has 0 aliphatic rings. The van der Waals surface area contributed by atoms with Crippen LogP contribution in [0.5, 0.6) is 0 Å². The summed E-state index contributed by atoms with van der Waals surface area (Å²) >= 11 is 5.98. The topological polar surface area (TPSA) is 95.2 Å². The van der Waals surface area contributed by atoms with Crippen molar-refractivity contribution in [3.8, 4) is 5.69 Å². The summed E-state index contributed by atoms with van der Waals surface area (Å²) in [5.74, 6) is -1.53. The molecular formula is C20H18ClFN4O4. The third kappa shape index (κ3) is 4.64. The maximum Gasteiger partial charge on any atom is 0.352 e. The zero-order valence-electron chi connectivity index (χ0n) is 16.0. The third-order valence-electron chi connectivity index (χ3n) is 4.18. The van der Waals surface area contributed by atoms with Crippen molar-refractivity contribution in [1.29, 1.82) is 0 Å². The number of nitrogens with zero attached hydrogens (tertiary/aromatic N) is 3. The van der Waals surface area contributed by atoms with E-state index in [0.717, 1.165) is 10.6 Å². The maximum absolute atomic E-state index is 14.3. The van der Waals surface area contributed by atoms with Gasteiger partial charge in [-0.05, 0) is 29.8 Å². The van der Waals surface area contributed by atoms with E-state index < -0.39 is 28.7 Å². The van der Waals surface area contributed by atoms with E-state index in [1.165, 1.54) is 25.3 Å². The molecule has 30 heavy (non-hydrogen) atoms. The number of carbonyl (C=O) groups excluding carboxylic acids is 1. The van der Waals surface area contributed by atoms with Crippen LogP contribution in [-0.2, 0) is 11.3 Å². The number of amides is 1. The van der Waals surface area contributed by atoms with Crippen molar-refractivity contribution in [2.75, 3.05) is 20.3 Å². The standard InChI is InChI=1S/C20H18ClFN4O4/c1-30-10-9-23-18(27)17-19(28)25(12-13-5-4-6-14(21)11-13)20(29)26(24-17)16-8-3-2-7-15(16)22/h2-8,11H,9-10,12H2,1H3,(H,23,27). The van der Waals surface area contributed by atoms with Crippen LogP contribution in [0.4, 0.5) is 4.39 Å². The molecule has 0 spiro atoms. The highest BCUT2D eigenvalue weighted by Gasteiger charge is 2.21. The lowest BCUT2D eigenvalue weighted by Gasteiger charge is -2.13. The van der Waals surface area contributed by atoms with Crippen LogP contribution >= 0.6 is 11.6 Å². The van der Waals surface area contributed by atoms with Gasteiger partial charge in [0.15, 0.2) is 0 Å². The first-order valence-electron chi connectivity index (χ1n) is 8.93. The molecule has 1 amide bonds. The largest absolute Gasteiger partial charge is 0.383 e. The lowest BCUT2D eigenvalue weighted by molar-refractivity contribution is 0.0927. The van der Waals surface area contributed by atoms with Gasteiger partial charge in [-0.15, -0.1) is 0 Å². The van der Waals surface area contributed by atoms with Crippen LogP contribution in [0, 0.1) is 5.82 Å². The Morgan fingerprint density at radius 1 is 1.20 bits per heavy atom. The van der Waals surface area contributed by atoms with Crippen LogP contribution in [0.1, 0.15) is 16.1 Å². The normalized spacial score (nSPS) is 10.8. The highest BCUT2D eigenvalue weighted by Crippen LogP contribution is 2.12. The Kier molecular flexibility index (Phi) is 6.76. The molecule has 3 aromatic rings. The second-order valence-electron chi connectivity index (χ2n) is 6.26. The molecule has 0 aliphatic carbocycles. The highest BCUT2D eigenvalue weighted by atomic mass is 35.5. The minimum absolute atomic E-state index is 0.129. The summed E-state index contributed by atoms with van der Waals surface area (Å²) in [6.07, 6.45) is 0. The number of rotatable bonds is 7. The van der Waals surface area contributed by atoms with E-state index >= 15 is 0 Å². The van der Waals surface area contributed by atoms with Gasteiger partial charge < -0.3 is 10.1 Å². The fourth-order valence-electron chi connectivity index (χ4n) is 2.75. The average molecular weight is 433 g/mol. The van der Waals surface area contributed by atoms with E-state index in [1.54, 1.807) is 24.3 Å². The van der Waals surface area contributed by atoms with Crippen LogP contribution in [-0.4, -0.2) is 40.5 Å². The summed E-state index contributed by atoms with van der Waals surface area (Å²) in [4.78, 5) is 38.4. The first-order chi connectivity index (χ1) is 14.4. The Bertz CT molecular complexity index is 1190. The summed E-state index contributed by atoms with van der Waals surface area (Å²) in [6, 6.07) is 12.0. The number of hydrogen-bond acceptors (Lipinski definition) is 5. The van der Waals surface area contributed by atoms with E-state index in [9.17, 15) is 18.8 Å². The first kappa shape index (κ1) is 21.4. The van der Waals surface area contributed by atoms with Crippen LogP contribution < -0.4 is 16.6 Å². The van der Waals surface area contributed by atoms with Gasteiger partial charge in [0, 0.05) is 18.7 Å². The molecule has 1 N–H and O–H groups in total. The molecule has 3 rings (SSSR count). The van der Waals surface area contributed by atoms with E-state index in [-0.39, 0.29) is 25.4 Å². The molecule has 1 aromatic heterocycles. The van der Waals surface area contributed by atoms with Gasteiger partial charge in [0.25, 0.3) is 11.5 Å². The minimum atomic E-state index is -0.900. The van der Waals surface area contributed by atoms with E-state index in [2.05, 4.69) is 10.4 Å². The van der Waals surface area contributed by atoms with Gasteiger partial charge >= 0.3 is 5.69 Å². The Labute approximate surface area is 175 Å². The van der Waals surface area contributed by atoms with Gasteiger partial charge in [-0.3, -0.25) is 14.2 Å². The second-order valence-corrected chi connectivity index (χ2v) is 6.70. The average Bonchev–Trinajstić information content (AvgIpc) is 2.72. The minimum Gasteiger partial charge on any atom is -0.383 e. The van der Waals surface area contributed by atoms with Gasteiger partial charge in [-0.2, -0.15) is 9.78 Å². The van der Waals surface area contributed by atoms with Gasteiger partial charge in [0.2, 0.25) is 5.69 Å². The molecule has 156 valence electrons. The predicted octanol–water partition coefficient (Wildman–Crippen LogP) is 1.61. The fourth-order valence-corrected chi connectivity index (χ4v) is 2.96. The summed E-state index contributed by atoms with van der Waals surface area (Å²) < 4.78 is 20.7. The van der Waals surface area contributed by atoms with Crippen molar-refractivity contribution in [1.82, 2.24) is 19.7 Å². The molecule has 1 heterocycles. The summed E-state index contributed by atoms with van der Waals surface area (Å²) in [6.45, 7) is 0.173. The monoisotopic (exact) mass is 432 g/mol. The van der Waals surface area contributed by atoms with Crippen LogP contribution in [0.15, 0.2) is 58.1 Å². The number of methoxy groups -OCH3 is 1. The number of aromatic nitrogens is 3. The molecule has 0 bridgehead atoms. The number of nitrogens with one attached hydrogen (secondary N) is 1. The Balaban J connectivity index is 2.17. The Hall–Kier alpha value is -3.30. The lowest BCUT2D eigenvalue weighted by Crippen LogP contribution is -2.46. The summed E-state index contributed by atoms with van der Waals surface area (Å²) in [5, 5.41) is 6.76. The lowest BCUT2D eigenvalue weighted by atomic mass is 10.2. The quantitative estimate of drug-likeness (QED) is 0.572. The highest BCUT2D eigenvalue weighted by molar-refractivity contribution is 6.30. The number of halogens is 2. The number of para-hydroxylation sites is 1. The van der Waals surface area contributed by atoms with Crippen molar-refractivity contribution in [2.24, 2.45) is 0 Å². The molecule has 2 aromatic carbocycles. The number of benzene rings is 2. The first-order valence-corrected chi connectivity index (χ1v) is 9.31. The van der Waals surface area contributed by atoms with Gasteiger partial charge in [-0.25, -0.2) is 9.18 Å². The van der Waals surface area contributed by atoms with Crippen molar-refractivity contribution < 1.29 is 13.9 Å². The Morgan fingerprint density at radius 2 is 1.97 bits per heavy atom. The van der Waals surface area contributed by atoms with Crippen molar-refractivity contribution in [2.45, 2.75) is 6.54 Å². The molecule has 0 atom stereocenters. The number of ether oxygens (including phenoxy) is 1. The molecule has 0 unspecified atom stereocenters. The number of carbonyl (C=O) groups is 1. The van der Waals surface area contributed by atoms with Crippen LogP contribution in [0.25, 0.3) is 5.69 Å². The molecule has 0 fully saturated rings. The third-order valence-corrected chi connectivity index (χ3v) is 4.41. The summed E-state index contributed by atoms with van der Waals surface area (Å²) in [5.41, 5.74) is -1.97. The predicted molar refractivity (Wildman–Crippen MR) is 109 cm³/mol. The van der Waals surface area contributed by atoms with Gasteiger partial charge in [0.1, 0.15) is 11.5 Å². The van der Waals surface area contributed by atoms with E-state index in [4.69, 9.17) is 16.3 Å². The second kappa shape index (κ2) is 9.47. The molecule has 10 heteroatoms. The van der Waals surface area contributed by atoms with E-state index in [0.29, 0.717) is 15.3 Å². The van der Waals surface area contributed by atoms with Gasteiger partial charge in [-0.1, -0.05) is 35.9 Å². The van der Waals surface area contributed by atoms with Crippen molar-refractivity contribution in [3.05, 3.63) is 91.5 Å². The summed E-state index contributed by atoms with van der Waals surface area (Å²) in [7, 11) is 1.46. The molecule has 0 saturated heterocycles. The van der Waals surface area contributed by atoms with Gasteiger partial charge in [0.05, 0.1) is 13.2 Å². The van der Waals surface area contributed by atoms with Crippen LogP contribution in [0.3, 0.4) is 0 Å². The zero-order valence-corrected chi connectivity index (χ0v) is 16.7. The van der Waals surface area contributed by atoms with Crippen LogP contribution in [0.2, 0.25) is 5.02 Å². The molecule has 0 radical (unpaired) electrons. The zero-order chi connectivity index (χ0) is 21.7. The number of hydrogen-bond donors (Lipinski definition) is 1. The molecule has 8 nitrogen and oxygen atoms in total. The smallest absolute Gasteiger partial charge is 0.352 e. The Morgan fingerprint density at radius 3 is 2.67 bits per heavy atom. The molecular weight excluding hydrogens is 415 g/mol. The fraction of sp³-hybridized carbons (Fsp3) is 0.200.